The zero-order valence-corrected chi connectivity index (χ0v) is 13.0. The number of carbonyl (C=O) groups is 1. The van der Waals surface area contributed by atoms with Crippen LogP contribution in [0, 0.1) is 5.92 Å². The summed E-state index contributed by atoms with van der Waals surface area (Å²) in [6, 6.07) is 0. The van der Waals surface area contributed by atoms with Gasteiger partial charge in [0.15, 0.2) is 0 Å². The van der Waals surface area contributed by atoms with Crippen molar-refractivity contribution in [2.24, 2.45) is 5.92 Å². The molecular weight excluding hydrogens is 282 g/mol. The van der Waals surface area contributed by atoms with E-state index < -0.39 is 22.1 Å². The molecule has 0 aromatic rings. The van der Waals surface area contributed by atoms with Crippen LogP contribution < -0.4 is 4.72 Å². The second-order valence-corrected chi connectivity index (χ2v) is 6.69. The maximum Gasteiger partial charge on any atom is 0.306 e. The fraction of sp³-hybridized carbons (Fsp3) is 0.917. The maximum absolute atomic E-state index is 12.1. The van der Waals surface area contributed by atoms with Crippen LogP contribution >= 0.6 is 0 Å². The second kappa shape index (κ2) is 7.92. The molecule has 1 aliphatic rings. The average molecular weight is 307 g/mol. The van der Waals surface area contributed by atoms with Crippen LogP contribution in [-0.2, 0) is 15.0 Å². The van der Waals surface area contributed by atoms with E-state index in [4.69, 9.17) is 5.11 Å². The lowest BCUT2D eigenvalue weighted by Crippen LogP contribution is -2.47. The zero-order valence-electron chi connectivity index (χ0n) is 12.2. The molecule has 0 saturated carbocycles. The summed E-state index contributed by atoms with van der Waals surface area (Å²) in [6.07, 6.45) is 0.762. The summed E-state index contributed by atoms with van der Waals surface area (Å²) in [5.41, 5.74) is 0. The van der Waals surface area contributed by atoms with E-state index in [0.717, 1.165) is 13.1 Å². The minimum Gasteiger partial charge on any atom is -0.481 e. The van der Waals surface area contributed by atoms with Gasteiger partial charge in [0, 0.05) is 26.2 Å². The molecule has 8 heteroatoms. The van der Waals surface area contributed by atoms with Crippen molar-refractivity contribution >= 4 is 16.2 Å². The third-order valence-corrected chi connectivity index (χ3v) is 5.36. The third kappa shape index (κ3) is 5.01. The van der Waals surface area contributed by atoms with Gasteiger partial charge >= 0.3 is 5.97 Å². The molecule has 1 rings (SSSR count). The zero-order chi connectivity index (χ0) is 15.2. The van der Waals surface area contributed by atoms with E-state index >= 15 is 0 Å². The number of likely N-dealkylation sites (N-methyl/N-ethyl adjacent to an activating group) is 1. The Kier molecular flexibility index (Phi) is 6.87. The first-order chi connectivity index (χ1) is 9.40. The number of rotatable bonds is 8. The van der Waals surface area contributed by atoms with Gasteiger partial charge in [-0.25, -0.2) is 4.72 Å². The Bertz CT molecular complexity index is 401. The monoisotopic (exact) mass is 307 g/mol. The molecule has 1 saturated heterocycles. The third-order valence-electron chi connectivity index (χ3n) is 3.75. The molecule has 0 aromatic carbocycles. The summed E-state index contributed by atoms with van der Waals surface area (Å²) < 4.78 is 28.1. The van der Waals surface area contributed by atoms with Crippen LogP contribution in [0.5, 0.6) is 0 Å². The first-order valence-corrected chi connectivity index (χ1v) is 8.54. The minimum atomic E-state index is -3.48. The minimum absolute atomic E-state index is 0.275. The van der Waals surface area contributed by atoms with Crippen molar-refractivity contribution in [3.05, 3.63) is 0 Å². The Morgan fingerprint density at radius 3 is 2.30 bits per heavy atom. The highest BCUT2D eigenvalue weighted by Crippen LogP contribution is 2.18. The molecule has 0 unspecified atom stereocenters. The molecule has 0 aromatic heterocycles. The smallest absolute Gasteiger partial charge is 0.306 e. The number of hydrogen-bond acceptors (Lipinski definition) is 4. The molecule has 2 N–H and O–H groups in total. The van der Waals surface area contributed by atoms with Gasteiger partial charge < -0.3 is 10.0 Å². The Hall–Kier alpha value is -0.700. The van der Waals surface area contributed by atoms with Gasteiger partial charge in [-0.3, -0.25) is 4.79 Å². The molecule has 0 bridgehead atoms. The van der Waals surface area contributed by atoms with E-state index in [1.807, 2.05) is 13.8 Å². The highest BCUT2D eigenvalue weighted by atomic mass is 32.2. The SMILES string of the molecule is CCN(CC)CCNS(=O)(=O)N1CCC(C(=O)O)CC1. The van der Waals surface area contributed by atoms with Gasteiger partial charge in [-0.05, 0) is 25.9 Å². The van der Waals surface area contributed by atoms with Crippen molar-refractivity contribution in [2.45, 2.75) is 26.7 Å². The van der Waals surface area contributed by atoms with Crippen molar-refractivity contribution in [3.63, 3.8) is 0 Å². The number of hydrogen-bond donors (Lipinski definition) is 2. The van der Waals surface area contributed by atoms with E-state index in [1.165, 1.54) is 4.31 Å². The largest absolute Gasteiger partial charge is 0.481 e. The summed E-state index contributed by atoms with van der Waals surface area (Å²) in [5.74, 6) is -1.26. The van der Waals surface area contributed by atoms with Crippen molar-refractivity contribution in [1.29, 1.82) is 0 Å². The number of piperidine rings is 1. The van der Waals surface area contributed by atoms with E-state index in [1.54, 1.807) is 0 Å². The predicted molar refractivity (Wildman–Crippen MR) is 76.6 cm³/mol. The van der Waals surface area contributed by atoms with Crippen LogP contribution in [0.3, 0.4) is 0 Å². The molecule has 1 fully saturated rings. The topological polar surface area (TPSA) is 90.0 Å². The van der Waals surface area contributed by atoms with Crippen molar-refractivity contribution in [2.75, 3.05) is 39.3 Å². The molecule has 0 aliphatic carbocycles. The molecule has 0 radical (unpaired) electrons. The number of nitrogens with one attached hydrogen (secondary N) is 1. The normalized spacial score (nSPS) is 18.6. The number of carboxylic acids is 1. The standard InChI is InChI=1S/C12H25N3O4S/c1-3-14(4-2)10-7-13-20(18,19)15-8-5-11(6-9-15)12(16)17/h11,13H,3-10H2,1-2H3,(H,16,17). The van der Waals surface area contributed by atoms with E-state index in [0.29, 0.717) is 25.9 Å². The lowest BCUT2D eigenvalue weighted by Gasteiger charge is -2.29. The highest BCUT2D eigenvalue weighted by molar-refractivity contribution is 7.87. The predicted octanol–water partition coefficient (Wildman–Crippen LogP) is -0.0408. The number of carboxylic acid groups (broad SMARTS) is 1. The van der Waals surface area contributed by atoms with Gasteiger partial charge in [0.2, 0.25) is 0 Å². The van der Waals surface area contributed by atoms with Gasteiger partial charge in [0.05, 0.1) is 5.92 Å². The molecule has 0 amide bonds. The van der Waals surface area contributed by atoms with Crippen LogP contribution in [0.1, 0.15) is 26.7 Å². The van der Waals surface area contributed by atoms with Crippen molar-refractivity contribution in [1.82, 2.24) is 13.9 Å². The number of nitrogens with zero attached hydrogens (tertiary/aromatic N) is 2. The molecular formula is C12H25N3O4S. The van der Waals surface area contributed by atoms with Crippen LogP contribution in [0.4, 0.5) is 0 Å². The Morgan fingerprint density at radius 2 is 1.85 bits per heavy atom. The molecule has 20 heavy (non-hydrogen) atoms. The quantitative estimate of drug-likeness (QED) is 0.657. The van der Waals surface area contributed by atoms with Gasteiger partial charge in [0.1, 0.15) is 0 Å². The molecule has 1 aliphatic heterocycles. The first kappa shape index (κ1) is 17.4. The average Bonchev–Trinajstić information content (AvgIpc) is 2.43. The van der Waals surface area contributed by atoms with Gasteiger partial charge in [-0.1, -0.05) is 13.8 Å². The summed E-state index contributed by atoms with van der Waals surface area (Å²) in [5, 5.41) is 8.89. The Morgan fingerprint density at radius 1 is 1.30 bits per heavy atom. The highest BCUT2D eigenvalue weighted by Gasteiger charge is 2.30. The van der Waals surface area contributed by atoms with Gasteiger partial charge in [-0.2, -0.15) is 12.7 Å². The summed E-state index contributed by atoms with van der Waals surface area (Å²) >= 11 is 0. The van der Waals surface area contributed by atoms with Crippen LogP contribution in [0.2, 0.25) is 0 Å². The lowest BCUT2D eigenvalue weighted by atomic mass is 9.99. The summed E-state index contributed by atoms with van der Waals surface area (Å²) in [6.45, 7) is 7.46. The van der Waals surface area contributed by atoms with Crippen LogP contribution in [-0.4, -0.2) is 68.0 Å². The molecule has 1 heterocycles. The second-order valence-electron chi connectivity index (χ2n) is 4.94. The van der Waals surface area contributed by atoms with Crippen molar-refractivity contribution < 1.29 is 18.3 Å². The van der Waals surface area contributed by atoms with E-state index in [9.17, 15) is 13.2 Å². The van der Waals surface area contributed by atoms with Gasteiger partial charge in [0.25, 0.3) is 10.2 Å². The first-order valence-electron chi connectivity index (χ1n) is 7.10. The Balaban J connectivity index is 2.40. The number of aliphatic carboxylic acids is 1. The summed E-state index contributed by atoms with van der Waals surface area (Å²) in [4.78, 5) is 13.0. The van der Waals surface area contributed by atoms with Crippen LogP contribution in [0.25, 0.3) is 0 Å². The molecule has 0 atom stereocenters. The molecule has 0 spiro atoms. The lowest BCUT2D eigenvalue weighted by molar-refractivity contribution is -0.142. The maximum atomic E-state index is 12.1. The fourth-order valence-corrected chi connectivity index (χ4v) is 3.53. The van der Waals surface area contributed by atoms with Gasteiger partial charge in [-0.15, -0.1) is 0 Å². The fourth-order valence-electron chi connectivity index (χ4n) is 2.31. The van der Waals surface area contributed by atoms with Crippen LogP contribution in [0.15, 0.2) is 0 Å². The molecule has 118 valence electrons. The summed E-state index contributed by atoms with van der Waals surface area (Å²) in [7, 11) is -3.48. The van der Waals surface area contributed by atoms with E-state index in [2.05, 4.69) is 9.62 Å². The van der Waals surface area contributed by atoms with Crippen molar-refractivity contribution in [3.8, 4) is 0 Å². The molecule has 7 nitrogen and oxygen atoms in total. The van der Waals surface area contributed by atoms with E-state index in [-0.39, 0.29) is 13.1 Å². The Labute approximate surface area is 121 Å².